The quantitative estimate of drug-likeness (QED) is 0.848. The molecule has 0 spiro atoms. The molecule has 1 saturated heterocycles. The lowest BCUT2D eigenvalue weighted by atomic mass is 10.2. The summed E-state index contributed by atoms with van der Waals surface area (Å²) >= 11 is 0. The second-order valence-corrected chi connectivity index (χ2v) is 6.76. The summed E-state index contributed by atoms with van der Waals surface area (Å²) in [6.07, 6.45) is 0. The largest absolute Gasteiger partial charge is 0.496 e. The zero-order valence-electron chi connectivity index (χ0n) is 11.9. The van der Waals surface area contributed by atoms with E-state index < -0.39 is 10.2 Å². The number of para-hydroxylation sites is 1. The molecule has 0 radical (unpaired) electrons. The predicted molar refractivity (Wildman–Crippen MR) is 77.8 cm³/mol. The number of ether oxygens (including phenoxy) is 1. The molecule has 2 rings (SSSR count). The molecule has 1 aliphatic heterocycles. The Kier molecular flexibility index (Phi) is 4.98. The highest BCUT2D eigenvalue weighted by Gasteiger charge is 2.28. The van der Waals surface area contributed by atoms with Gasteiger partial charge >= 0.3 is 0 Å². The second-order valence-electron chi connectivity index (χ2n) is 4.72. The molecule has 1 N–H and O–H groups in total. The van der Waals surface area contributed by atoms with E-state index in [4.69, 9.17) is 4.74 Å². The van der Waals surface area contributed by atoms with Gasteiger partial charge < -0.3 is 10.1 Å². The van der Waals surface area contributed by atoms with Crippen molar-refractivity contribution in [3.05, 3.63) is 29.8 Å². The molecule has 1 fully saturated rings. The minimum absolute atomic E-state index is 0.302. The van der Waals surface area contributed by atoms with Crippen molar-refractivity contribution in [1.82, 2.24) is 13.9 Å². The number of methoxy groups -OCH3 is 1. The zero-order valence-corrected chi connectivity index (χ0v) is 12.7. The molecular formula is C13H21N3O3S. The Balaban J connectivity index is 2.12. The fourth-order valence-electron chi connectivity index (χ4n) is 2.23. The molecule has 1 aromatic rings. The Bertz CT molecular complexity index is 542. The molecule has 112 valence electrons. The number of benzene rings is 1. The van der Waals surface area contributed by atoms with E-state index in [1.807, 2.05) is 24.3 Å². The number of hydrogen-bond donors (Lipinski definition) is 1. The van der Waals surface area contributed by atoms with E-state index in [-0.39, 0.29) is 0 Å². The van der Waals surface area contributed by atoms with Crippen molar-refractivity contribution in [1.29, 1.82) is 0 Å². The van der Waals surface area contributed by atoms with Crippen molar-refractivity contribution in [2.24, 2.45) is 0 Å². The summed E-state index contributed by atoms with van der Waals surface area (Å²) in [6, 6.07) is 7.46. The molecule has 0 amide bonds. The minimum Gasteiger partial charge on any atom is -0.496 e. The van der Waals surface area contributed by atoms with Crippen LogP contribution in [0.25, 0.3) is 0 Å². The van der Waals surface area contributed by atoms with Crippen molar-refractivity contribution in [2.45, 2.75) is 6.54 Å². The maximum absolute atomic E-state index is 12.5. The Labute approximate surface area is 120 Å². The van der Waals surface area contributed by atoms with Gasteiger partial charge in [-0.2, -0.15) is 17.0 Å². The highest BCUT2D eigenvalue weighted by Crippen LogP contribution is 2.20. The first kappa shape index (κ1) is 15.2. The standard InChI is InChI=1S/C13H21N3O3S/c1-15(11-12-5-3-4-6-13(12)19-2)20(17,18)16-9-7-14-8-10-16/h3-6,14H,7-11H2,1-2H3. The van der Waals surface area contributed by atoms with Crippen LogP contribution >= 0.6 is 0 Å². The molecule has 0 unspecified atom stereocenters. The van der Waals surface area contributed by atoms with Crippen LogP contribution < -0.4 is 10.1 Å². The first-order valence-corrected chi connectivity index (χ1v) is 7.99. The minimum atomic E-state index is -3.41. The molecular weight excluding hydrogens is 278 g/mol. The van der Waals surface area contributed by atoms with Crippen LogP contribution in [0.3, 0.4) is 0 Å². The van der Waals surface area contributed by atoms with Crippen LogP contribution in [-0.4, -0.2) is 57.4 Å². The van der Waals surface area contributed by atoms with Gasteiger partial charge in [-0.1, -0.05) is 18.2 Å². The zero-order chi connectivity index (χ0) is 14.6. The highest BCUT2D eigenvalue weighted by atomic mass is 32.2. The van der Waals surface area contributed by atoms with Crippen LogP contribution in [0.4, 0.5) is 0 Å². The predicted octanol–water partition coefficient (Wildman–Crippen LogP) is 0.277. The van der Waals surface area contributed by atoms with Gasteiger partial charge in [-0.3, -0.25) is 0 Å². The summed E-state index contributed by atoms with van der Waals surface area (Å²) in [5.41, 5.74) is 0.858. The van der Waals surface area contributed by atoms with Gasteiger partial charge in [0, 0.05) is 45.3 Å². The lowest BCUT2D eigenvalue weighted by molar-refractivity contribution is 0.322. The fraction of sp³-hybridized carbons (Fsp3) is 0.538. The van der Waals surface area contributed by atoms with Crippen molar-refractivity contribution >= 4 is 10.2 Å². The van der Waals surface area contributed by atoms with Crippen LogP contribution in [0.2, 0.25) is 0 Å². The lowest BCUT2D eigenvalue weighted by Gasteiger charge is -2.30. The van der Waals surface area contributed by atoms with Crippen molar-refractivity contribution in [2.75, 3.05) is 40.3 Å². The number of hydrogen-bond acceptors (Lipinski definition) is 4. The van der Waals surface area contributed by atoms with E-state index in [1.54, 1.807) is 14.2 Å². The van der Waals surface area contributed by atoms with Crippen molar-refractivity contribution < 1.29 is 13.2 Å². The monoisotopic (exact) mass is 299 g/mol. The van der Waals surface area contributed by atoms with Gasteiger partial charge in [0.2, 0.25) is 0 Å². The normalized spacial score (nSPS) is 17.4. The summed E-state index contributed by atoms with van der Waals surface area (Å²) in [6.45, 7) is 2.72. The first-order valence-electron chi connectivity index (χ1n) is 6.59. The van der Waals surface area contributed by atoms with E-state index in [9.17, 15) is 8.42 Å². The fourth-order valence-corrected chi connectivity index (χ4v) is 3.57. The van der Waals surface area contributed by atoms with Crippen LogP contribution in [0.15, 0.2) is 24.3 Å². The average molecular weight is 299 g/mol. The summed E-state index contributed by atoms with van der Waals surface area (Å²) in [7, 11) is -0.226. The van der Waals surface area contributed by atoms with Gasteiger partial charge in [0.25, 0.3) is 10.2 Å². The number of piperazine rings is 1. The van der Waals surface area contributed by atoms with Crippen LogP contribution in [0.1, 0.15) is 5.56 Å². The van der Waals surface area contributed by atoms with Gasteiger partial charge in [0.05, 0.1) is 7.11 Å². The summed E-state index contributed by atoms with van der Waals surface area (Å²) in [4.78, 5) is 0. The molecule has 1 aromatic carbocycles. The topological polar surface area (TPSA) is 61.9 Å². The molecule has 0 aromatic heterocycles. The molecule has 6 nitrogen and oxygen atoms in total. The van der Waals surface area contributed by atoms with Gasteiger partial charge in [-0.05, 0) is 6.07 Å². The molecule has 0 bridgehead atoms. The van der Waals surface area contributed by atoms with Gasteiger partial charge in [0.1, 0.15) is 5.75 Å². The molecule has 7 heteroatoms. The number of nitrogens with one attached hydrogen (secondary N) is 1. The summed E-state index contributed by atoms with van der Waals surface area (Å²) in [5, 5.41) is 3.15. The van der Waals surface area contributed by atoms with E-state index in [2.05, 4.69) is 5.32 Å². The van der Waals surface area contributed by atoms with Crippen LogP contribution in [0.5, 0.6) is 5.75 Å². The Morgan fingerprint density at radius 2 is 1.95 bits per heavy atom. The molecule has 20 heavy (non-hydrogen) atoms. The number of rotatable bonds is 5. The van der Waals surface area contributed by atoms with Gasteiger partial charge in [0.15, 0.2) is 0 Å². The van der Waals surface area contributed by atoms with E-state index in [0.717, 1.165) is 5.56 Å². The van der Waals surface area contributed by atoms with Crippen LogP contribution in [0, 0.1) is 0 Å². The van der Waals surface area contributed by atoms with E-state index in [1.165, 1.54) is 8.61 Å². The SMILES string of the molecule is COc1ccccc1CN(C)S(=O)(=O)N1CCNCC1. The summed E-state index contributed by atoms with van der Waals surface area (Å²) < 4.78 is 33.1. The second kappa shape index (κ2) is 6.53. The van der Waals surface area contributed by atoms with Gasteiger partial charge in [-0.15, -0.1) is 0 Å². The Morgan fingerprint density at radius 1 is 1.30 bits per heavy atom. The lowest BCUT2D eigenvalue weighted by Crippen LogP contribution is -2.50. The molecule has 1 aliphatic rings. The van der Waals surface area contributed by atoms with Crippen molar-refractivity contribution in [3.63, 3.8) is 0 Å². The van der Waals surface area contributed by atoms with E-state index >= 15 is 0 Å². The maximum atomic E-state index is 12.5. The van der Waals surface area contributed by atoms with Crippen LogP contribution in [-0.2, 0) is 16.8 Å². The summed E-state index contributed by atoms with van der Waals surface area (Å²) in [5.74, 6) is 0.704. The molecule has 1 heterocycles. The highest BCUT2D eigenvalue weighted by molar-refractivity contribution is 7.86. The molecule has 0 aliphatic carbocycles. The Morgan fingerprint density at radius 3 is 2.60 bits per heavy atom. The maximum Gasteiger partial charge on any atom is 0.282 e. The Hall–Kier alpha value is -1.15. The average Bonchev–Trinajstić information content (AvgIpc) is 2.48. The molecule has 0 saturated carbocycles. The smallest absolute Gasteiger partial charge is 0.282 e. The molecule has 0 atom stereocenters. The van der Waals surface area contributed by atoms with Gasteiger partial charge in [-0.25, -0.2) is 0 Å². The third-order valence-electron chi connectivity index (χ3n) is 3.38. The van der Waals surface area contributed by atoms with E-state index in [0.29, 0.717) is 38.5 Å². The first-order chi connectivity index (χ1) is 9.55. The third kappa shape index (κ3) is 3.29. The van der Waals surface area contributed by atoms with Crippen molar-refractivity contribution in [3.8, 4) is 5.75 Å². The number of nitrogens with zero attached hydrogens (tertiary/aromatic N) is 2. The third-order valence-corrected chi connectivity index (χ3v) is 5.32.